The summed E-state index contributed by atoms with van der Waals surface area (Å²) in [6.07, 6.45) is -1.46. The van der Waals surface area contributed by atoms with Gasteiger partial charge in [0.05, 0.1) is 5.69 Å². The average molecular weight is 422 g/mol. The summed E-state index contributed by atoms with van der Waals surface area (Å²) in [4.78, 5) is 39.2. The van der Waals surface area contributed by atoms with Gasteiger partial charge in [-0.15, -0.1) is 0 Å². The molecule has 1 aromatic heterocycles. The number of carbonyl (C=O) groups is 2. The first-order valence-corrected chi connectivity index (χ1v) is 10.2. The van der Waals surface area contributed by atoms with Gasteiger partial charge >= 0.3 is 6.09 Å². The Hall–Kier alpha value is -3.48. The number of aromatic amines is 1. The molecule has 1 aliphatic heterocycles. The molecule has 1 fully saturated rings. The number of hydrogen-bond donors (Lipinski definition) is 2. The number of fused-ring (bicyclic) bond motifs is 1. The zero-order valence-electron chi connectivity index (χ0n) is 17.5. The van der Waals surface area contributed by atoms with Crippen molar-refractivity contribution in [3.8, 4) is 11.3 Å². The Balaban J connectivity index is 1.72. The van der Waals surface area contributed by atoms with E-state index in [-0.39, 0.29) is 29.6 Å². The number of aromatic nitrogens is 1. The molecule has 160 valence electrons. The van der Waals surface area contributed by atoms with E-state index in [1.54, 1.807) is 18.2 Å². The smallest absolute Gasteiger partial charge is 0.414 e. The number of benzene rings is 2. The van der Waals surface area contributed by atoms with Gasteiger partial charge in [-0.1, -0.05) is 38.1 Å². The van der Waals surface area contributed by atoms with Gasteiger partial charge in [0.15, 0.2) is 6.10 Å². The van der Waals surface area contributed by atoms with Crippen molar-refractivity contribution in [3.05, 3.63) is 69.8 Å². The highest BCUT2D eigenvalue weighted by Gasteiger charge is 2.36. The van der Waals surface area contributed by atoms with E-state index in [1.165, 1.54) is 6.07 Å². The number of H-pyrrole nitrogens is 1. The van der Waals surface area contributed by atoms with Crippen molar-refractivity contribution in [3.63, 3.8) is 0 Å². The topological polar surface area (TPSA) is 88.3 Å². The Labute approximate surface area is 178 Å². The van der Waals surface area contributed by atoms with E-state index >= 15 is 0 Å². The molecule has 1 aliphatic rings. The van der Waals surface area contributed by atoms with Crippen LogP contribution in [0.4, 0.5) is 9.18 Å². The van der Waals surface area contributed by atoms with Crippen LogP contribution in [0.1, 0.15) is 37.3 Å². The number of rotatable bonds is 5. The second-order valence-electron chi connectivity index (χ2n) is 8.26. The van der Waals surface area contributed by atoms with Crippen molar-refractivity contribution in [1.82, 2.24) is 10.3 Å². The zero-order valence-corrected chi connectivity index (χ0v) is 17.5. The van der Waals surface area contributed by atoms with Gasteiger partial charge in [0.1, 0.15) is 5.82 Å². The van der Waals surface area contributed by atoms with Crippen molar-refractivity contribution < 1.29 is 18.7 Å². The molecule has 4 rings (SSSR count). The first kappa shape index (κ1) is 20.8. The van der Waals surface area contributed by atoms with Crippen LogP contribution in [0.3, 0.4) is 0 Å². The van der Waals surface area contributed by atoms with E-state index in [9.17, 15) is 18.8 Å². The summed E-state index contributed by atoms with van der Waals surface area (Å²) in [6.45, 7) is 5.78. The van der Waals surface area contributed by atoms with Crippen LogP contribution in [0, 0.1) is 18.7 Å². The number of pyridine rings is 1. The van der Waals surface area contributed by atoms with Crippen LogP contribution >= 0.6 is 0 Å². The number of halogens is 1. The molecular formula is C24H23FN2O4. The molecule has 2 atom stereocenters. The van der Waals surface area contributed by atoms with Crippen LogP contribution < -0.4 is 10.9 Å². The maximum Gasteiger partial charge on any atom is 0.414 e. The van der Waals surface area contributed by atoms with Gasteiger partial charge in [-0.05, 0) is 53.5 Å². The van der Waals surface area contributed by atoms with Crippen LogP contribution in [0.2, 0.25) is 0 Å². The van der Waals surface area contributed by atoms with Gasteiger partial charge in [-0.3, -0.25) is 14.9 Å². The van der Waals surface area contributed by atoms with Crippen LogP contribution in [-0.2, 0) is 9.53 Å². The zero-order chi connectivity index (χ0) is 22.3. The number of hydrogen-bond acceptors (Lipinski definition) is 4. The molecule has 31 heavy (non-hydrogen) atoms. The molecule has 0 aliphatic carbocycles. The third kappa shape index (κ3) is 3.95. The fourth-order valence-electron chi connectivity index (χ4n) is 4.16. The molecule has 0 spiro atoms. The quantitative estimate of drug-likeness (QED) is 0.638. The Morgan fingerprint density at radius 2 is 1.87 bits per heavy atom. The number of imide groups is 1. The number of carbonyl (C=O) groups excluding carboxylic acids is 2. The summed E-state index contributed by atoms with van der Waals surface area (Å²) in [5, 5.41) is 3.39. The molecule has 6 nitrogen and oxygen atoms in total. The molecule has 0 bridgehead atoms. The molecule has 2 aromatic carbocycles. The lowest BCUT2D eigenvalue weighted by atomic mass is 9.83. The summed E-state index contributed by atoms with van der Waals surface area (Å²) < 4.78 is 19.3. The molecule has 7 heteroatoms. The fraction of sp³-hybridized carbons (Fsp3) is 0.292. The minimum absolute atomic E-state index is 0.0354. The second kappa shape index (κ2) is 7.98. The standard InChI is InChI=1S/C24H23FN2O4/c1-12(2)16(11-20-23(29)27-24(30)31-20)18-9-13(3)21(26-22(18)28)15-8-7-14-5-4-6-19(25)17(14)10-15/h4-10,12,16,20H,11H2,1-3H3,(H,26,28)(H,27,29,30). The van der Waals surface area contributed by atoms with E-state index < -0.39 is 18.1 Å². The highest BCUT2D eigenvalue weighted by Crippen LogP contribution is 2.32. The van der Waals surface area contributed by atoms with Gasteiger partial charge in [-0.25, -0.2) is 9.18 Å². The largest absolute Gasteiger partial charge is 0.436 e. The van der Waals surface area contributed by atoms with Gasteiger partial charge in [0, 0.05) is 17.4 Å². The van der Waals surface area contributed by atoms with E-state index in [0.29, 0.717) is 22.2 Å². The Bertz CT molecular complexity index is 1250. The van der Waals surface area contributed by atoms with Crippen LogP contribution in [0.15, 0.2) is 47.3 Å². The number of nitrogens with one attached hydrogen (secondary N) is 2. The van der Waals surface area contributed by atoms with E-state index in [4.69, 9.17) is 4.74 Å². The van der Waals surface area contributed by atoms with Gasteiger partial charge < -0.3 is 9.72 Å². The predicted molar refractivity (Wildman–Crippen MR) is 115 cm³/mol. The average Bonchev–Trinajstić information content (AvgIpc) is 3.04. The first-order chi connectivity index (χ1) is 14.7. The minimum atomic E-state index is -0.914. The number of alkyl carbamates (subject to hydrolysis) is 1. The lowest BCUT2D eigenvalue weighted by Crippen LogP contribution is -2.29. The van der Waals surface area contributed by atoms with E-state index in [1.807, 2.05) is 39.0 Å². The molecule has 0 saturated carbocycles. The highest BCUT2D eigenvalue weighted by atomic mass is 19.1. The lowest BCUT2D eigenvalue weighted by Gasteiger charge is -2.23. The predicted octanol–water partition coefficient (Wildman–Crippen LogP) is 4.41. The Morgan fingerprint density at radius 1 is 1.10 bits per heavy atom. The van der Waals surface area contributed by atoms with Gasteiger partial charge in [0.2, 0.25) is 0 Å². The minimum Gasteiger partial charge on any atom is -0.436 e. The van der Waals surface area contributed by atoms with E-state index in [2.05, 4.69) is 10.3 Å². The summed E-state index contributed by atoms with van der Waals surface area (Å²) >= 11 is 0. The van der Waals surface area contributed by atoms with Gasteiger partial charge in [-0.2, -0.15) is 0 Å². The summed E-state index contributed by atoms with van der Waals surface area (Å²) in [6, 6.07) is 12.1. The maximum absolute atomic E-state index is 14.2. The number of amides is 2. The van der Waals surface area contributed by atoms with Gasteiger partial charge in [0.25, 0.3) is 11.5 Å². The third-order valence-corrected chi connectivity index (χ3v) is 5.82. The van der Waals surface area contributed by atoms with Crippen molar-refractivity contribution in [2.45, 2.75) is 39.2 Å². The number of aryl methyl sites for hydroxylation is 1. The highest BCUT2D eigenvalue weighted by molar-refractivity contribution is 5.99. The first-order valence-electron chi connectivity index (χ1n) is 10.2. The molecule has 2 N–H and O–H groups in total. The monoisotopic (exact) mass is 422 g/mol. The number of ether oxygens (including phenoxy) is 1. The second-order valence-corrected chi connectivity index (χ2v) is 8.26. The van der Waals surface area contributed by atoms with Crippen molar-refractivity contribution in [1.29, 1.82) is 0 Å². The van der Waals surface area contributed by atoms with Crippen molar-refractivity contribution >= 4 is 22.8 Å². The molecule has 3 aromatic rings. The summed E-state index contributed by atoms with van der Waals surface area (Å²) in [7, 11) is 0. The van der Waals surface area contributed by atoms with Crippen LogP contribution in [0.25, 0.3) is 22.0 Å². The normalized spacial score (nSPS) is 17.1. The van der Waals surface area contributed by atoms with Crippen LogP contribution in [-0.4, -0.2) is 23.1 Å². The fourth-order valence-corrected chi connectivity index (χ4v) is 4.16. The van der Waals surface area contributed by atoms with E-state index in [0.717, 1.165) is 10.9 Å². The molecule has 2 amide bonds. The lowest BCUT2D eigenvalue weighted by molar-refractivity contribution is -0.123. The molecule has 0 radical (unpaired) electrons. The molecule has 2 heterocycles. The molecular weight excluding hydrogens is 399 g/mol. The molecule has 2 unspecified atom stereocenters. The van der Waals surface area contributed by atoms with Crippen molar-refractivity contribution in [2.75, 3.05) is 0 Å². The maximum atomic E-state index is 14.2. The Kier molecular flexibility index (Phi) is 5.35. The molecule has 1 saturated heterocycles. The van der Waals surface area contributed by atoms with Crippen LogP contribution in [0.5, 0.6) is 0 Å². The Morgan fingerprint density at radius 3 is 2.55 bits per heavy atom. The van der Waals surface area contributed by atoms with Crippen molar-refractivity contribution in [2.24, 2.45) is 5.92 Å². The third-order valence-electron chi connectivity index (χ3n) is 5.82. The summed E-state index contributed by atoms with van der Waals surface area (Å²) in [5.41, 5.74) is 2.40. The SMILES string of the molecule is Cc1cc(C(CC2OC(=O)NC2=O)C(C)C)c(=O)[nH]c1-c1ccc2cccc(F)c2c1. The summed E-state index contributed by atoms with van der Waals surface area (Å²) in [5.74, 6) is -1.06. The number of cyclic esters (lactones) is 1.